The summed E-state index contributed by atoms with van der Waals surface area (Å²) in [4.78, 5) is 25.2. The second kappa shape index (κ2) is 21.1. The number of sulfonamides is 2. The number of hydrogen-bond donors (Lipinski definition) is 1. The number of carbonyl (C=O) groups excluding carboxylic acids is 2. The third kappa shape index (κ3) is 18.8. The number of amides is 1. The van der Waals surface area contributed by atoms with Gasteiger partial charge in [0, 0.05) is 18.2 Å². The predicted octanol–water partition coefficient (Wildman–Crippen LogP) is 5.56. The summed E-state index contributed by atoms with van der Waals surface area (Å²) in [5, 5.41) is 2.77. The Bertz CT molecular complexity index is 1200. The molecule has 0 aliphatic carbocycles. The van der Waals surface area contributed by atoms with Crippen molar-refractivity contribution in [2.24, 2.45) is 4.99 Å². The SMILES string of the molecule is CCCCCCCCc1ccc[n+](CCOC(=O)NCCCCCCN=C=O)c1.O=S(=O)([N-]S(=O)(=O)C(F)(F)F)C(F)(F)F. The van der Waals surface area contributed by atoms with Crippen LogP contribution in [0.1, 0.15) is 76.7 Å². The maximum atomic E-state index is 11.7. The van der Waals surface area contributed by atoms with E-state index >= 15 is 0 Å². The Labute approximate surface area is 253 Å². The average Bonchev–Trinajstić information content (AvgIpc) is 2.91. The first-order chi connectivity index (χ1) is 20.5. The van der Waals surface area contributed by atoms with Gasteiger partial charge in [-0.05, 0) is 31.7 Å². The molecule has 0 fully saturated rings. The number of unbranched alkanes of at least 4 members (excludes halogenated alkanes) is 8. The first-order valence-corrected chi connectivity index (χ1v) is 16.6. The van der Waals surface area contributed by atoms with Gasteiger partial charge in [-0.2, -0.15) is 26.3 Å². The van der Waals surface area contributed by atoms with Crippen molar-refractivity contribution in [3.8, 4) is 0 Å². The summed E-state index contributed by atoms with van der Waals surface area (Å²) in [6.45, 7) is 4.41. The first-order valence-electron chi connectivity index (χ1n) is 13.8. The van der Waals surface area contributed by atoms with E-state index in [9.17, 15) is 52.8 Å². The van der Waals surface area contributed by atoms with Gasteiger partial charge >= 0.3 is 17.1 Å². The van der Waals surface area contributed by atoms with Crippen molar-refractivity contribution in [1.29, 1.82) is 0 Å². The number of aliphatic imine (C=N–C) groups is 1. The van der Waals surface area contributed by atoms with Gasteiger partial charge < -0.3 is 14.2 Å². The van der Waals surface area contributed by atoms with E-state index in [0.717, 1.165) is 36.2 Å². The average molecular weight is 685 g/mol. The van der Waals surface area contributed by atoms with Crippen molar-refractivity contribution in [2.75, 3.05) is 19.7 Å². The van der Waals surface area contributed by atoms with E-state index in [1.54, 1.807) is 0 Å². The Morgan fingerprint density at radius 1 is 0.932 bits per heavy atom. The number of hydrogen-bond acceptors (Lipinski definition) is 8. The van der Waals surface area contributed by atoms with Crippen LogP contribution in [0.25, 0.3) is 4.13 Å². The number of nitrogens with zero attached hydrogens (tertiary/aromatic N) is 3. The largest absolute Gasteiger partial charge is 0.480 e. The highest BCUT2D eigenvalue weighted by Crippen LogP contribution is 2.36. The Kier molecular flexibility index (Phi) is 19.7. The highest BCUT2D eigenvalue weighted by Gasteiger charge is 2.46. The molecular weight excluding hydrogens is 646 g/mol. The quantitative estimate of drug-likeness (QED) is 0.0658. The fourth-order valence-electron chi connectivity index (χ4n) is 3.39. The number of rotatable bonds is 19. The van der Waals surface area contributed by atoms with Crippen LogP contribution in [0.3, 0.4) is 0 Å². The number of ether oxygens (including phenoxy) is 1. The second-order valence-electron chi connectivity index (χ2n) is 9.33. The van der Waals surface area contributed by atoms with E-state index in [1.807, 2.05) is 6.20 Å². The second-order valence-corrected chi connectivity index (χ2v) is 12.8. The lowest BCUT2D eigenvalue weighted by molar-refractivity contribution is -0.698. The zero-order chi connectivity index (χ0) is 33.7. The molecule has 0 spiro atoms. The number of alkyl halides is 6. The van der Waals surface area contributed by atoms with Gasteiger partial charge in [-0.15, -0.1) is 0 Å². The van der Waals surface area contributed by atoms with Gasteiger partial charge in [0.1, 0.15) is 0 Å². The number of alkyl carbamates (subject to hydrolysis) is 1. The topological polar surface area (TPSA) is 154 Å². The molecule has 254 valence electrons. The zero-order valence-corrected chi connectivity index (χ0v) is 25.8. The summed E-state index contributed by atoms with van der Waals surface area (Å²) in [6.07, 6.45) is 18.1. The van der Waals surface area contributed by atoms with Gasteiger partial charge in [-0.3, -0.25) is 0 Å². The summed E-state index contributed by atoms with van der Waals surface area (Å²) in [7, 11) is -13.4. The molecule has 0 bridgehead atoms. The van der Waals surface area contributed by atoms with Crippen molar-refractivity contribution >= 4 is 32.2 Å². The Hall–Kier alpha value is -2.76. The number of isocyanates is 1. The van der Waals surface area contributed by atoms with Gasteiger partial charge in [-0.1, -0.05) is 51.9 Å². The van der Waals surface area contributed by atoms with Crippen molar-refractivity contribution < 1.29 is 62.1 Å². The number of aryl methyl sites for hydroxylation is 1. The molecule has 1 heterocycles. The molecule has 1 N–H and O–H groups in total. The van der Waals surface area contributed by atoms with Crippen molar-refractivity contribution in [1.82, 2.24) is 5.32 Å². The summed E-state index contributed by atoms with van der Waals surface area (Å²) < 4.78 is 117. The van der Waals surface area contributed by atoms with Crippen molar-refractivity contribution in [3.05, 3.63) is 34.2 Å². The Morgan fingerprint density at radius 2 is 1.50 bits per heavy atom. The third-order valence-electron chi connectivity index (χ3n) is 5.63. The molecular formula is C25H38F6N4O7S2. The minimum Gasteiger partial charge on any atom is -0.443 e. The van der Waals surface area contributed by atoms with Crippen LogP contribution < -0.4 is 9.88 Å². The van der Waals surface area contributed by atoms with Crippen LogP contribution in [0.5, 0.6) is 0 Å². The molecule has 44 heavy (non-hydrogen) atoms. The van der Waals surface area contributed by atoms with Gasteiger partial charge in [0.15, 0.2) is 45.6 Å². The maximum absolute atomic E-state index is 11.7. The molecule has 1 aromatic heterocycles. The molecule has 11 nitrogen and oxygen atoms in total. The van der Waals surface area contributed by atoms with Crippen LogP contribution >= 0.6 is 0 Å². The predicted molar refractivity (Wildman–Crippen MR) is 148 cm³/mol. The lowest BCUT2D eigenvalue weighted by atomic mass is 10.1. The zero-order valence-electron chi connectivity index (χ0n) is 24.2. The van der Waals surface area contributed by atoms with E-state index in [2.05, 4.69) is 40.1 Å². The lowest BCUT2D eigenvalue weighted by Gasteiger charge is -2.22. The van der Waals surface area contributed by atoms with E-state index in [4.69, 9.17) is 4.74 Å². The Balaban J connectivity index is 0.00000104. The van der Waals surface area contributed by atoms with E-state index in [1.165, 1.54) is 50.2 Å². The smallest absolute Gasteiger partial charge is 0.443 e. The number of halogens is 6. The van der Waals surface area contributed by atoms with Crippen LogP contribution in [0.15, 0.2) is 29.5 Å². The molecule has 0 unspecified atom stereocenters. The molecule has 1 rings (SSSR count). The summed E-state index contributed by atoms with van der Waals surface area (Å²) in [6, 6.07) is 4.23. The van der Waals surface area contributed by atoms with Crippen LogP contribution in [-0.4, -0.2) is 59.7 Å². The molecule has 0 saturated carbocycles. The van der Waals surface area contributed by atoms with E-state index in [-0.39, 0.29) is 6.09 Å². The molecule has 1 amide bonds. The number of nitrogens with one attached hydrogen (secondary N) is 1. The van der Waals surface area contributed by atoms with Gasteiger partial charge in [0.2, 0.25) is 6.08 Å². The monoisotopic (exact) mass is 684 g/mol. The van der Waals surface area contributed by atoms with Crippen molar-refractivity contribution in [2.45, 2.75) is 95.1 Å². The van der Waals surface area contributed by atoms with Crippen molar-refractivity contribution in [3.63, 3.8) is 0 Å². The Morgan fingerprint density at radius 3 is 2.09 bits per heavy atom. The molecule has 0 saturated heterocycles. The number of carbonyl (C=O) groups is 1. The number of aromatic nitrogens is 1. The summed E-state index contributed by atoms with van der Waals surface area (Å²) in [5.41, 5.74) is -11.1. The number of pyridine rings is 1. The van der Waals surface area contributed by atoms with Crippen LogP contribution in [0.2, 0.25) is 0 Å². The fraction of sp³-hybridized carbons (Fsp3) is 0.720. The molecule has 0 aliphatic heterocycles. The normalized spacial score (nSPS) is 12.1. The van der Waals surface area contributed by atoms with Crippen LogP contribution in [-0.2, 0) is 42.5 Å². The fourth-order valence-corrected chi connectivity index (χ4v) is 5.10. The van der Waals surface area contributed by atoms with E-state index in [0.29, 0.717) is 26.2 Å². The lowest BCUT2D eigenvalue weighted by Crippen LogP contribution is -2.37. The van der Waals surface area contributed by atoms with Crippen LogP contribution in [0.4, 0.5) is 31.1 Å². The highest BCUT2D eigenvalue weighted by atomic mass is 32.3. The molecule has 19 heteroatoms. The minimum absolute atomic E-state index is 0.362. The maximum Gasteiger partial charge on any atom is 0.480 e. The van der Waals surface area contributed by atoms with Gasteiger partial charge in [0.25, 0.3) is 0 Å². The molecule has 0 radical (unpaired) electrons. The van der Waals surface area contributed by atoms with Gasteiger partial charge in [-0.25, -0.2) is 36.0 Å². The molecule has 0 aliphatic rings. The molecule has 0 aromatic carbocycles. The molecule has 1 aromatic rings. The standard InChI is InChI=1S/C23H37N3O3.C2F6NO4S2/c1-2-3-4-5-6-9-13-22-14-12-17-26(20-22)18-19-29-23(28)25-16-11-8-7-10-15-24-21-27;3-1(4,5)14(10,11)9-15(12,13)2(6,7)8/h12,14,17,20H,2-11,13,15-16,18-19H2,1H3;/q;-1/p+1. The van der Waals surface area contributed by atoms with E-state index < -0.39 is 31.1 Å². The van der Waals surface area contributed by atoms with Crippen LogP contribution in [0, 0.1) is 0 Å². The minimum atomic E-state index is -6.72. The molecule has 0 atom stereocenters. The summed E-state index contributed by atoms with van der Waals surface area (Å²) in [5.74, 6) is 0. The first kappa shape index (κ1) is 41.2. The summed E-state index contributed by atoms with van der Waals surface area (Å²) >= 11 is 0. The highest BCUT2D eigenvalue weighted by molar-refractivity contribution is 8.13. The third-order valence-corrected chi connectivity index (χ3v) is 8.37. The van der Waals surface area contributed by atoms with Gasteiger partial charge in [0.05, 0.1) is 6.54 Å².